The van der Waals surface area contributed by atoms with Gasteiger partial charge in [0.05, 0.1) is 30.3 Å². The molecule has 31 heavy (non-hydrogen) atoms. The number of nitrogens with one attached hydrogen (secondary N) is 1. The number of anilines is 3. The van der Waals surface area contributed by atoms with Crippen LogP contribution < -0.4 is 25.4 Å². The minimum absolute atomic E-state index is 0.0158. The van der Waals surface area contributed by atoms with Crippen LogP contribution in [0.1, 0.15) is 0 Å². The number of pyridine rings is 1. The van der Waals surface area contributed by atoms with Gasteiger partial charge in [-0.3, -0.25) is 19.2 Å². The zero-order valence-corrected chi connectivity index (χ0v) is 15.9. The largest absolute Gasteiger partial charge is 0.573 e. The van der Waals surface area contributed by atoms with E-state index in [1.54, 1.807) is 7.05 Å². The molecule has 2 aromatic heterocycles. The van der Waals surface area contributed by atoms with E-state index in [0.29, 0.717) is 10.9 Å². The number of amides is 2. The third kappa shape index (κ3) is 3.89. The first-order chi connectivity index (χ1) is 14.6. The van der Waals surface area contributed by atoms with Gasteiger partial charge >= 0.3 is 18.2 Å². The highest BCUT2D eigenvalue weighted by molar-refractivity contribution is 6.45. The minimum atomic E-state index is -4.87. The highest BCUT2D eigenvalue weighted by Crippen LogP contribution is 2.36. The minimum Gasteiger partial charge on any atom is -0.489 e. The molecule has 3 aromatic rings. The van der Waals surface area contributed by atoms with Crippen LogP contribution in [0.15, 0.2) is 30.6 Å². The number of fused-ring (bicyclic) bond motifs is 2. The van der Waals surface area contributed by atoms with Gasteiger partial charge in [-0.2, -0.15) is 5.10 Å². The van der Waals surface area contributed by atoms with E-state index in [4.69, 9.17) is 10.5 Å². The third-order valence-corrected chi connectivity index (χ3v) is 4.52. The SMILES string of the molecule is Cn1ncc2c(NC(=O)C(=O)N3CCOc4cc(OC(F)(F)F)ccc43)cnc(N)c21. The van der Waals surface area contributed by atoms with Crippen molar-refractivity contribution in [2.24, 2.45) is 7.05 Å². The second kappa shape index (κ2) is 7.34. The molecule has 0 fully saturated rings. The van der Waals surface area contributed by atoms with Crippen molar-refractivity contribution in [3.05, 3.63) is 30.6 Å². The van der Waals surface area contributed by atoms with Gasteiger partial charge in [0.2, 0.25) is 0 Å². The van der Waals surface area contributed by atoms with Crippen molar-refractivity contribution >= 4 is 39.9 Å². The summed E-state index contributed by atoms with van der Waals surface area (Å²) in [6.07, 6.45) is -2.10. The molecule has 0 spiro atoms. The van der Waals surface area contributed by atoms with Crippen molar-refractivity contribution in [3.8, 4) is 11.5 Å². The molecule has 0 radical (unpaired) electrons. The summed E-state index contributed by atoms with van der Waals surface area (Å²) in [5.41, 5.74) is 6.69. The molecule has 10 nitrogen and oxygen atoms in total. The van der Waals surface area contributed by atoms with Crippen molar-refractivity contribution in [2.45, 2.75) is 6.36 Å². The summed E-state index contributed by atoms with van der Waals surface area (Å²) in [4.78, 5) is 30.5. The number of carbonyl (C=O) groups excluding carboxylic acids is 2. The number of alkyl halides is 3. The van der Waals surface area contributed by atoms with Crippen molar-refractivity contribution in [1.82, 2.24) is 14.8 Å². The maximum absolute atomic E-state index is 12.8. The van der Waals surface area contributed by atoms with Crippen molar-refractivity contribution in [3.63, 3.8) is 0 Å². The van der Waals surface area contributed by atoms with Gasteiger partial charge in [0.15, 0.2) is 0 Å². The standard InChI is InChI=1S/C18H15F3N6O4/c1-26-14-10(7-24-26)11(8-23-15(14)22)25-16(28)17(29)27-4-5-30-13-6-9(2-3-12(13)27)31-18(19,20)21/h2-3,6-8H,4-5H2,1H3,(H2,22,23)(H,25,28). The van der Waals surface area contributed by atoms with E-state index in [-0.39, 0.29) is 36.1 Å². The number of halogens is 3. The zero-order valence-electron chi connectivity index (χ0n) is 15.9. The number of hydrogen-bond donors (Lipinski definition) is 2. The first kappa shape index (κ1) is 20.3. The summed E-state index contributed by atoms with van der Waals surface area (Å²) in [5.74, 6) is -2.21. The Bertz CT molecular complexity index is 1190. The Kier molecular flexibility index (Phi) is 4.79. The maximum Gasteiger partial charge on any atom is 0.573 e. The molecule has 1 aromatic carbocycles. The Morgan fingerprint density at radius 3 is 2.81 bits per heavy atom. The zero-order chi connectivity index (χ0) is 22.3. The van der Waals surface area contributed by atoms with Gasteiger partial charge in [0, 0.05) is 18.5 Å². The van der Waals surface area contributed by atoms with Crippen LogP contribution in [-0.4, -0.2) is 46.1 Å². The van der Waals surface area contributed by atoms with Crippen molar-refractivity contribution < 1.29 is 32.2 Å². The van der Waals surface area contributed by atoms with Crippen LogP contribution in [0.3, 0.4) is 0 Å². The molecule has 0 saturated heterocycles. The van der Waals surface area contributed by atoms with E-state index in [0.717, 1.165) is 17.0 Å². The molecule has 162 valence electrons. The Labute approximate surface area is 172 Å². The lowest BCUT2D eigenvalue weighted by atomic mass is 10.2. The van der Waals surface area contributed by atoms with Gasteiger partial charge in [-0.1, -0.05) is 0 Å². The smallest absolute Gasteiger partial charge is 0.489 e. The average Bonchev–Trinajstić information content (AvgIpc) is 3.10. The highest BCUT2D eigenvalue weighted by Gasteiger charge is 2.33. The van der Waals surface area contributed by atoms with Crippen LogP contribution in [0.5, 0.6) is 11.5 Å². The summed E-state index contributed by atoms with van der Waals surface area (Å²) in [6, 6.07) is 3.25. The summed E-state index contributed by atoms with van der Waals surface area (Å²) in [6.45, 7) is 0.0127. The highest BCUT2D eigenvalue weighted by atomic mass is 19.4. The number of ether oxygens (including phenoxy) is 2. The fraction of sp³-hybridized carbons (Fsp3) is 0.222. The number of rotatable bonds is 2. The van der Waals surface area contributed by atoms with Gasteiger partial charge in [-0.05, 0) is 12.1 Å². The van der Waals surface area contributed by atoms with E-state index >= 15 is 0 Å². The molecule has 1 aliphatic heterocycles. The molecule has 0 bridgehead atoms. The Morgan fingerprint density at radius 1 is 1.29 bits per heavy atom. The summed E-state index contributed by atoms with van der Waals surface area (Å²) < 4.78 is 47.9. The van der Waals surface area contributed by atoms with Crippen LogP contribution in [0, 0.1) is 0 Å². The molecule has 1 aliphatic rings. The average molecular weight is 436 g/mol. The lowest BCUT2D eigenvalue weighted by Crippen LogP contribution is -2.44. The summed E-state index contributed by atoms with van der Waals surface area (Å²) in [5, 5.41) is 7.04. The number of hydrogen-bond acceptors (Lipinski definition) is 7. The normalized spacial score (nSPS) is 13.5. The number of nitrogens with two attached hydrogens (primary N) is 1. The lowest BCUT2D eigenvalue weighted by Gasteiger charge is -2.29. The Balaban J connectivity index is 1.57. The number of nitrogens with zero attached hydrogens (tertiary/aromatic N) is 4. The van der Waals surface area contributed by atoms with Crippen LogP contribution in [0.25, 0.3) is 10.9 Å². The van der Waals surface area contributed by atoms with E-state index in [9.17, 15) is 22.8 Å². The topological polar surface area (TPSA) is 125 Å². The molecule has 4 rings (SSSR count). The molecule has 0 atom stereocenters. The molecule has 2 amide bonds. The fourth-order valence-electron chi connectivity index (χ4n) is 3.21. The fourth-order valence-corrected chi connectivity index (χ4v) is 3.21. The van der Waals surface area contributed by atoms with Gasteiger partial charge in [-0.15, -0.1) is 13.2 Å². The van der Waals surface area contributed by atoms with Gasteiger partial charge in [-0.25, -0.2) is 4.98 Å². The van der Waals surface area contributed by atoms with Gasteiger partial charge in [0.1, 0.15) is 29.4 Å². The van der Waals surface area contributed by atoms with E-state index in [2.05, 4.69) is 20.1 Å². The second-order valence-electron chi connectivity index (χ2n) is 6.52. The first-order valence-corrected chi connectivity index (χ1v) is 8.85. The molecule has 3 N–H and O–H groups in total. The molecule has 0 unspecified atom stereocenters. The molecule has 0 aliphatic carbocycles. The second-order valence-corrected chi connectivity index (χ2v) is 6.52. The molecular formula is C18H15F3N6O4. The van der Waals surface area contributed by atoms with Crippen molar-refractivity contribution in [2.75, 3.05) is 29.1 Å². The van der Waals surface area contributed by atoms with Crippen LogP contribution in [0.4, 0.5) is 30.4 Å². The Hall–Kier alpha value is -4.03. The summed E-state index contributed by atoms with van der Waals surface area (Å²) >= 11 is 0. The number of nitrogen functional groups attached to an aromatic ring is 1. The Morgan fingerprint density at radius 2 is 2.06 bits per heavy atom. The van der Waals surface area contributed by atoms with Crippen LogP contribution >= 0.6 is 0 Å². The van der Waals surface area contributed by atoms with Crippen LogP contribution in [-0.2, 0) is 16.6 Å². The van der Waals surface area contributed by atoms with Gasteiger partial charge < -0.3 is 20.5 Å². The van der Waals surface area contributed by atoms with E-state index < -0.39 is 23.9 Å². The number of aromatic nitrogens is 3. The van der Waals surface area contributed by atoms with E-state index in [1.807, 2.05) is 0 Å². The third-order valence-electron chi connectivity index (χ3n) is 4.52. The lowest BCUT2D eigenvalue weighted by molar-refractivity contribution is -0.274. The molecular weight excluding hydrogens is 421 g/mol. The molecule has 13 heteroatoms. The van der Waals surface area contributed by atoms with Crippen molar-refractivity contribution in [1.29, 1.82) is 0 Å². The first-order valence-electron chi connectivity index (χ1n) is 8.85. The number of benzene rings is 1. The molecule has 0 saturated carbocycles. The maximum atomic E-state index is 12.8. The quantitative estimate of drug-likeness (QED) is 0.587. The monoisotopic (exact) mass is 436 g/mol. The van der Waals surface area contributed by atoms with Crippen LogP contribution in [0.2, 0.25) is 0 Å². The van der Waals surface area contributed by atoms with E-state index in [1.165, 1.54) is 23.1 Å². The number of carbonyl (C=O) groups is 2. The molecule has 3 heterocycles. The number of aryl methyl sites for hydroxylation is 1. The predicted molar refractivity (Wildman–Crippen MR) is 103 cm³/mol. The predicted octanol–water partition coefficient (Wildman–Crippen LogP) is 1.81. The van der Waals surface area contributed by atoms with Gasteiger partial charge in [0.25, 0.3) is 0 Å². The summed E-state index contributed by atoms with van der Waals surface area (Å²) in [7, 11) is 1.65.